The molecule has 1 N–H and O–H groups in total. The zero-order chi connectivity index (χ0) is 22.7. The van der Waals surface area contributed by atoms with Gasteiger partial charge in [0.1, 0.15) is 5.82 Å². The van der Waals surface area contributed by atoms with E-state index >= 15 is 0 Å². The predicted octanol–water partition coefficient (Wildman–Crippen LogP) is 4.90. The van der Waals surface area contributed by atoms with Gasteiger partial charge in [-0.15, -0.1) is 0 Å². The summed E-state index contributed by atoms with van der Waals surface area (Å²) in [7, 11) is 0. The Bertz CT molecular complexity index is 981. The lowest BCUT2D eigenvalue weighted by Crippen LogP contribution is -2.42. The van der Waals surface area contributed by atoms with Gasteiger partial charge in [0, 0.05) is 49.6 Å². The largest absolute Gasteiger partial charge is 0.357 e. The molecule has 172 valence electrons. The zero-order valence-corrected chi connectivity index (χ0v) is 19.7. The quantitative estimate of drug-likeness (QED) is 0.724. The van der Waals surface area contributed by atoms with Gasteiger partial charge in [-0.05, 0) is 81.7 Å². The van der Waals surface area contributed by atoms with Crippen LogP contribution >= 0.6 is 0 Å². The van der Waals surface area contributed by atoms with Gasteiger partial charge in [-0.25, -0.2) is 4.98 Å². The number of nitrogens with zero attached hydrogens (tertiary/aromatic N) is 3. The van der Waals surface area contributed by atoms with Crippen LogP contribution in [-0.2, 0) is 9.59 Å². The van der Waals surface area contributed by atoms with Crippen LogP contribution in [0.3, 0.4) is 0 Å². The van der Waals surface area contributed by atoms with Crippen molar-refractivity contribution < 1.29 is 9.59 Å². The number of carbonyl (C=O) groups excluding carboxylic acids is 2. The summed E-state index contributed by atoms with van der Waals surface area (Å²) in [4.78, 5) is 34.2. The molecule has 32 heavy (non-hydrogen) atoms. The first kappa shape index (κ1) is 22.6. The average Bonchev–Trinajstić information content (AvgIpc) is 2.78. The van der Waals surface area contributed by atoms with Crippen molar-refractivity contribution >= 4 is 34.2 Å². The molecule has 1 atom stereocenters. The van der Waals surface area contributed by atoms with Gasteiger partial charge >= 0.3 is 0 Å². The monoisotopic (exact) mass is 436 g/mol. The van der Waals surface area contributed by atoms with Gasteiger partial charge < -0.3 is 15.1 Å². The topological polar surface area (TPSA) is 65.5 Å². The van der Waals surface area contributed by atoms with Crippen molar-refractivity contribution in [2.45, 2.75) is 71.8 Å². The number of nitrogens with one attached hydrogen (secondary N) is 1. The van der Waals surface area contributed by atoms with Crippen LogP contribution in [0, 0.1) is 12.8 Å². The van der Waals surface area contributed by atoms with Crippen LogP contribution in [0.15, 0.2) is 24.3 Å². The maximum absolute atomic E-state index is 12.5. The van der Waals surface area contributed by atoms with Crippen LogP contribution in [0.1, 0.15) is 64.4 Å². The minimum atomic E-state index is -0.118. The molecule has 0 aliphatic carbocycles. The highest BCUT2D eigenvalue weighted by molar-refractivity contribution is 5.96. The fourth-order valence-corrected chi connectivity index (χ4v) is 4.91. The van der Waals surface area contributed by atoms with Crippen molar-refractivity contribution in [3.63, 3.8) is 0 Å². The molecule has 0 unspecified atom stereocenters. The molecule has 2 saturated heterocycles. The van der Waals surface area contributed by atoms with Gasteiger partial charge in [-0.3, -0.25) is 9.59 Å². The maximum atomic E-state index is 12.5. The van der Waals surface area contributed by atoms with E-state index in [9.17, 15) is 9.59 Å². The van der Waals surface area contributed by atoms with Gasteiger partial charge in [-0.2, -0.15) is 0 Å². The van der Waals surface area contributed by atoms with Crippen LogP contribution in [0.4, 0.5) is 11.5 Å². The van der Waals surface area contributed by atoms with Crippen molar-refractivity contribution in [3.05, 3.63) is 29.8 Å². The Kier molecular flexibility index (Phi) is 6.97. The van der Waals surface area contributed by atoms with Crippen molar-refractivity contribution in [2.24, 2.45) is 5.92 Å². The molecule has 0 bridgehead atoms. The Morgan fingerprint density at radius 3 is 2.56 bits per heavy atom. The Morgan fingerprint density at radius 2 is 1.81 bits per heavy atom. The minimum Gasteiger partial charge on any atom is -0.357 e. The number of aryl methyl sites for hydroxylation is 1. The molecule has 2 aliphatic rings. The van der Waals surface area contributed by atoms with Crippen LogP contribution in [0.5, 0.6) is 0 Å². The second-order valence-electron chi connectivity index (χ2n) is 9.68. The highest BCUT2D eigenvalue weighted by atomic mass is 16.2. The molecule has 3 heterocycles. The summed E-state index contributed by atoms with van der Waals surface area (Å²) in [6, 6.07) is 8.32. The maximum Gasteiger partial charge on any atom is 0.224 e. The second-order valence-corrected chi connectivity index (χ2v) is 9.68. The molecule has 2 aliphatic heterocycles. The Balaban J connectivity index is 1.38. The highest BCUT2D eigenvalue weighted by Crippen LogP contribution is 2.28. The van der Waals surface area contributed by atoms with E-state index in [1.54, 1.807) is 0 Å². The van der Waals surface area contributed by atoms with Crippen molar-refractivity contribution in [1.82, 2.24) is 9.88 Å². The number of aromatic nitrogens is 1. The van der Waals surface area contributed by atoms with E-state index in [2.05, 4.69) is 37.1 Å². The number of piperidine rings is 2. The molecule has 6 nitrogen and oxygen atoms in total. The molecule has 1 aromatic carbocycles. The first-order valence-electron chi connectivity index (χ1n) is 12.2. The van der Waals surface area contributed by atoms with Gasteiger partial charge in [0.15, 0.2) is 0 Å². The number of rotatable bonds is 5. The standard InChI is InChI=1S/C26H36N4O2/c1-18-11-14-29(15-12-18)24-16-19(2)22-17-21(7-8-23(22)28-24)27-25(31)9-10-26(32)30-13-5-4-6-20(30)3/h7-8,16-18,20H,4-6,9-15H2,1-3H3,(H,27,31)/t20-/m0/s1. The van der Waals surface area contributed by atoms with Crippen molar-refractivity contribution in [1.29, 1.82) is 0 Å². The molecule has 6 heteroatoms. The number of hydrogen-bond donors (Lipinski definition) is 1. The molecular formula is C26H36N4O2. The fourth-order valence-electron chi connectivity index (χ4n) is 4.91. The first-order valence-corrected chi connectivity index (χ1v) is 12.2. The normalized spacial score (nSPS) is 19.9. The third-order valence-electron chi connectivity index (χ3n) is 7.08. The van der Waals surface area contributed by atoms with Crippen molar-refractivity contribution in [3.8, 4) is 0 Å². The molecule has 0 spiro atoms. The summed E-state index contributed by atoms with van der Waals surface area (Å²) in [5.74, 6) is 1.80. The van der Waals surface area contributed by atoms with E-state index in [4.69, 9.17) is 4.98 Å². The van der Waals surface area contributed by atoms with Gasteiger partial charge in [0.25, 0.3) is 0 Å². The smallest absolute Gasteiger partial charge is 0.224 e. The molecule has 2 amide bonds. The van der Waals surface area contributed by atoms with Crippen LogP contribution in [-0.4, -0.2) is 47.4 Å². The number of pyridine rings is 1. The van der Waals surface area contributed by atoms with Crippen molar-refractivity contribution in [2.75, 3.05) is 29.9 Å². The number of likely N-dealkylation sites (tertiary alicyclic amines) is 1. The molecule has 0 radical (unpaired) electrons. The third kappa shape index (κ3) is 5.22. The molecule has 2 fully saturated rings. The van der Waals surface area contributed by atoms with E-state index in [1.165, 1.54) is 19.3 Å². The Labute approximate surface area is 191 Å². The predicted molar refractivity (Wildman–Crippen MR) is 130 cm³/mol. The third-order valence-corrected chi connectivity index (χ3v) is 7.08. The number of amides is 2. The Morgan fingerprint density at radius 1 is 1.03 bits per heavy atom. The van der Waals surface area contributed by atoms with Crippen LogP contribution in [0.2, 0.25) is 0 Å². The number of fused-ring (bicyclic) bond motifs is 1. The van der Waals surface area contributed by atoms with Gasteiger partial charge in [0.2, 0.25) is 11.8 Å². The van der Waals surface area contributed by atoms with Crippen LogP contribution < -0.4 is 10.2 Å². The second kappa shape index (κ2) is 9.88. The van der Waals surface area contributed by atoms with E-state index < -0.39 is 0 Å². The molecular weight excluding hydrogens is 400 g/mol. The van der Waals surface area contributed by atoms with Crippen LogP contribution in [0.25, 0.3) is 10.9 Å². The van der Waals surface area contributed by atoms with E-state index in [-0.39, 0.29) is 30.7 Å². The summed E-state index contributed by atoms with van der Waals surface area (Å²) in [6.07, 6.45) is 6.20. The highest BCUT2D eigenvalue weighted by Gasteiger charge is 2.23. The lowest BCUT2D eigenvalue weighted by atomic mass is 9.99. The zero-order valence-electron chi connectivity index (χ0n) is 19.7. The lowest BCUT2D eigenvalue weighted by molar-refractivity contribution is -0.135. The molecule has 2 aromatic rings. The summed E-state index contributed by atoms with van der Waals surface area (Å²) in [5.41, 5.74) is 2.87. The molecule has 4 rings (SSSR count). The summed E-state index contributed by atoms with van der Waals surface area (Å²) in [5, 5.41) is 4.02. The molecule has 1 aromatic heterocycles. The summed E-state index contributed by atoms with van der Waals surface area (Å²) < 4.78 is 0. The van der Waals surface area contributed by atoms with E-state index in [1.807, 2.05) is 23.1 Å². The Hall–Kier alpha value is -2.63. The first-order chi connectivity index (χ1) is 15.4. The van der Waals surface area contributed by atoms with E-state index in [0.717, 1.165) is 66.4 Å². The number of carbonyl (C=O) groups is 2. The van der Waals surface area contributed by atoms with Gasteiger partial charge in [-0.1, -0.05) is 6.92 Å². The molecule has 0 saturated carbocycles. The SMILES string of the molecule is Cc1cc(N2CCC(C)CC2)nc2ccc(NC(=O)CCC(=O)N3CCCC[C@@H]3C)cc12. The summed E-state index contributed by atoms with van der Waals surface area (Å²) in [6.45, 7) is 9.45. The number of anilines is 2. The number of hydrogen-bond acceptors (Lipinski definition) is 4. The lowest BCUT2D eigenvalue weighted by Gasteiger charge is -2.33. The van der Waals surface area contributed by atoms with Gasteiger partial charge in [0.05, 0.1) is 5.52 Å². The van der Waals surface area contributed by atoms with E-state index in [0.29, 0.717) is 0 Å². The minimum absolute atomic E-state index is 0.0885. The average molecular weight is 437 g/mol. The number of benzene rings is 1. The summed E-state index contributed by atoms with van der Waals surface area (Å²) >= 11 is 0. The fraction of sp³-hybridized carbons (Fsp3) is 0.577.